The number of rotatable bonds is 5. The Hall–Kier alpha value is -0.870. The summed E-state index contributed by atoms with van der Waals surface area (Å²) in [5.41, 5.74) is 5.83. The molecule has 0 spiro atoms. The van der Waals surface area contributed by atoms with E-state index in [1.54, 1.807) is 6.08 Å². The molecule has 1 rings (SSSR count). The van der Waals surface area contributed by atoms with Crippen molar-refractivity contribution in [2.75, 3.05) is 13.2 Å². The molecule has 15 heavy (non-hydrogen) atoms. The molecular formula is C11H20N2O2. The van der Waals surface area contributed by atoms with Crippen LogP contribution in [0.4, 0.5) is 0 Å². The lowest BCUT2D eigenvalue weighted by Gasteiger charge is -2.27. The van der Waals surface area contributed by atoms with Gasteiger partial charge < -0.3 is 15.8 Å². The average molecular weight is 212 g/mol. The molecule has 2 unspecified atom stereocenters. The van der Waals surface area contributed by atoms with Gasteiger partial charge in [0.05, 0.1) is 6.61 Å². The van der Waals surface area contributed by atoms with E-state index < -0.39 is 0 Å². The highest BCUT2D eigenvalue weighted by Crippen LogP contribution is 2.16. The Bertz CT molecular complexity index is 219. The standard InChI is InChI=1S/C11H20N2O2/c1-2-6-15-8-11(14)13-10-5-3-4-9(12)7-10/h2,9-10H,1,3-8,12H2,(H,13,14). The Morgan fingerprint density at radius 3 is 3.07 bits per heavy atom. The third-order valence-corrected chi connectivity index (χ3v) is 2.55. The van der Waals surface area contributed by atoms with Crippen LogP contribution in [-0.4, -0.2) is 31.2 Å². The molecule has 1 saturated carbocycles. The molecule has 4 nitrogen and oxygen atoms in total. The van der Waals surface area contributed by atoms with Crippen LogP contribution in [0.1, 0.15) is 25.7 Å². The van der Waals surface area contributed by atoms with Crippen molar-refractivity contribution in [1.29, 1.82) is 0 Å². The van der Waals surface area contributed by atoms with E-state index in [9.17, 15) is 4.79 Å². The molecule has 0 saturated heterocycles. The lowest BCUT2D eigenvalue weighted by Crippen LogP contribution is -2.43. The average Bonchev–Trinajstić information content (AvgIpc) is 2.18. The Balaban J connectivity index is 2.16. The summed E-state index contributed by atoms with van der Waals surface area (Å²) in [6.45, 7) is 4.03. The van der Waals surface area contributed by atoms with Crippen LogP contribution in [0.25, 0.3) is 0 Å². The zero-order valence-corrected chi connectivity index (χ0v) is 9.08. The summed E-state index contributed by atoms with van der Waals surface area (Å²) < 4.78 is 5.05. The Morgan fingerprint density at radius 2 is 2.40 bits per heavy atom. The zero-order valence-electron chi connectivity index (χ0n) is 9.08. The number of ether oxygens (including phenoxy) is 1. The predicted molar refractivity (Wildman–Crippen MR) is 59.4 cm³/mol. The molecule has 0 radical (unpaired) electrons. The van der Waals surface area contributed by atoms with Crippen molar-refractivity contribution in [3.63, 3.8) is 0 Å². The second kappa shape index (κ2) is 6.58. The summed E-state index contributed by atoms with van der Waals surface area (Å²) in [4.78, 5) is 11.4. The molecule has 0 bridgehead atoms. The largest absolute Gasteiger partial charge is 0.368 e. The van der Waals surface area contributed by atoms with Gasteiger partial charge in [0, 0.05) is 12.1 Å². The normalized spacial score (nSPS) is 25.9. The van der Waals surface area contributed by atoms with Gasteiger partial charge in [-0.05, 0) is 25.7 Å². The summed E-state index contributed by atoms with van der Waals surface area (Å²) in [7, 11) is 0. The van der Waals surface area contributed by atoms with E-state index in [0.29, 0.717) is 6.61 Å². The number of amides is 1. The van der Waals surface area contributed by atoms with Gasteiger partial charge in [0.2, 0.25) is 5.91 Å². The fraction of sp³-hybridized carbons (Fsp3) is 0.727. The van der Waals surface area contributed by atoms with E-state index in [1.807, 2.05) is 0 Å². The molecule has 86 valence electrons. The molecule has 3 N–H and O–H groups in total. The highest BCUT2D eigenvalue weighted by Gasteiger charge is 2.20. The number of carbonyl (C=O) groups excluding carboxylic acids is 1. The van der Waals surface area contributed by atoms with Crippen molar-refractivity contribution in [3.05, 3.63) is 12.7 Å². The first-order chi connectivity index (χ1) is 7.22. The summed E-state index contributed by atoms with van der Waals surface area (Å²) in [6, 6.07) is 0.465. The molecular weight excluding hydrogens is 192 g/mol. The quantitative estimate of drug-likeness (QED) is 0.517. The van der Waals surface area contributed by atoms with Crippen LogP contribution in [-0.2, 0) is 9.53 Å². The van der Waals surface area contributed by atoms with Gasteiger partial charge in [0.25, 0.3) is 0 Å². The Kier molecular flexibility index (Phi) is 5.36. The molecule has 0 aromatic rings. The van der Waals surface area contributed by atoms with Crippen LogP contribution in [0.2, 0.25) is 0 Å². The minimum atomic E-state index is -0.0593. The molecule has 1 fully saturated rings. The first-order valence-electron chi connectivity index (χ1n) is 5.46. The molecule has 1 amide bonds. The zero-order chi connectivity index (χ0) is 11.1. The van der Waals surface area contributed by atoms with Crippen LogP contribution in [0.5, 0.6) is 0 Å². The number of hydrogen-bond donors (Lipinski definition) is 2. The lowest BCUT2D eigenvalue weighted by atomic mass is 9.92. The Morgan fingerprint density at radius 1 is 1.60 bits per heavy atom. The second-order valence-electron chi connectivity index (χ2n) is 3.99. The molecule has 0 heterocycles. The molecule has 1 aliphatic carbocycles. The highest BCUT2D eigenvalue weighted by molar-refractivity contribution is 5.77. The van der Waals surface area contributed by atoms with Crippen LogP contribution < -0.4 is 11.1 Å². The van der Waals surface area contributed by atoms with E-state index in [0.717, 1.165) is 25.7 Å². The van der Waals surface area contributed by atoms with Crippen molar-refractivity contribution in [2.45, 2.75) is 37.8 Å². The molecule has 0 aromatic carbocycles. The van der Waals surface area contributed by atoms with Crippen LogP contribution in [0, 0.1) is 0 Å². The summed E-state index contributed by atoms with van der Waals surface area (Å²) in [6.07, 6.45) is 5.71. The van der Waals surface area contributed by atoms with Crippen molar-refractivity contribution in [2.24, 2.45) is 5.73 Å². The fourth-order valence-electron chi connectivity index (χ4n) is 1.86. The van der Waals surface area contributed by atoms with E-state index in [1.165, 1.54) is 0 Å². The molecule has 0 aromatic heterocycles. The van der Waals surface area contributed by atoms with E-state index in [-0.39, 0.29) is 24.6 Å². The van der Waals surface area contributed by atoms with Crippen molar-refractivity contribution < 1.29 is 9.53 Å². The van der Waals surface area contributed by atoms with Gasteiger partial charge in [-0.3, -0.25) is 4.79 Å². The maximum absolute atomic E-state index is 11.4. The number of carbonyl (C=O) groups is 1. The van der Waals surface area contributed by atoms with Crippen LogP contribution >= 0.6 is 0 Å². The number of hydrogen-bond acceptors (Lipinski definition) is 3. The van der Waals surface area contributed by atoms with Crippen LogP contribution in [0.15, 0.2) is 12.7 Å². The predicted octanol–water partition coefficient (Wildman–Crippen LogP) is 0.575. The molecule has 1 aliphatic rings. The summed E-state index contributed by atoms with van der Waals surface area (Å²) >= 11 is 0. The topological polar surface area (TPSA) is 64.3 Å². The maximum atomic E-state index is 11.4. The second-order valence-corrected chi connectivity index (χ2v) is 3.99. The summed E-state index contributed by atoms with van der Waals surface area (Å²) in [5, 5.41) is 2.93. The highest BCUT2D eigenvalue weighted by atomic mass is 16.5. The lowest BCUT2D eigenvalue weighted by molar-refractivity contribution is -0.126. The molecule has 0 aliphatic heterocycles. The van der Waals surface area contributed by atoms with Gasteiger partial charge in [-0.2, -0.15) is 0 Å². The third kappa shape index (κ3) is 4.95. The Labute approximate surface area is 90.9 Å². The van der Waals surface area contributed by atoms with Crippen molar-refractivity contribution >= 4 is 5.91 Å². The minimum Gasteiger partial charge on any atom is -0.368 e. The van der Waals surface area contributed by atoms with Gasteiger partial charge in [-0.15, -0.1) is 6.58 Å². The third-order valence-electron chi connectivity index (χ3n) is 2.55. The first-order valence-corrected chi connectivity index (χ1v) is 5.46. The fourth-order valence-corrected chi connectivity index (χ4v) is 1.86. The SMILES string of the molecule is C=CCOCC(=O)NC1CCCC(N)C1. The van der Waals surface area contributed by atoms with E-state index in [4.69, 9.17) is 10.5 Å². The molecule has 2 atom stereocenters. The van der Waals surface area contributed by atoms with Crippen molar-refractivity contribution in [1.82, 2.24) is 5.32 Å². The van der Waals surface area contributed by atoms with Gasteiger partial charge in [0.15, 0.2) is 0 Å². The smallest absolute Gasteiger partial charge is 0.246 e. The van der Waals surface area contributed by atoms with E-state index >= 15 is 0 Å². The first kappa shape index (κ1) is 12.2. The van der Waals surface area contributed by atoms with Gasteiger partial charge >= 0.3 is 0 Å². The van der Waals surface area contributed by atoms with Crippen molar-refractivity contribution in [3.8, 4) is 0 Å². The van der Waals surface area contributed by atoms with Crippen LogP contribution in [0.3, 0.4) is 0 Å². The number of nitrogens with two attached hydrogens (primary N) is 1. The van der Waals surface area contributed by atoms with Gasteiger partial charge in [-0.1, -0.05) is 6.08 Å². The molecule has 4 heteroatoms. The number of nitrogens with one attached hydrogen (secondary N) is 1. The maximum Gasteiger partial charge on any atom is 0.246 e. The summed E-state index contributed by atoms with van der Waals surface area (Å²) in [5.74, 6) is -0.0593. The van der Waals surface area contributed by atoms with Gasteiger partial charge in [-0.25, -0.2) is 0 Å². The minimum absolute atomic E-state index is 0.0593. The van der Waals surface area contributed by atoms with Gasteiger partial charge in [0.1, 0.15) is 6.61 Å². The monoisotopic (exact) mass is 212 g/mol. The van der Waals surface area contributed by atoms with E-state index in [2.05, 4.69) is 11.9 Å².